The molecular weight excluding hydrogens is 251 g/mol. The lowest BCUT2D eigenvalue weighted by molar-refractivity contribution is 0.158. The van der Waals surface area contributed by atoms with Gasteiger partial charge in [0.25, 0.3) is 0 Å². The Balaban J connectivity index is 2.01. The molecule has 1 saturated carbocycles. The number of rotatable bonds is 2. The van der Waals surface area contributed by atoms with E-state index in [4.69, 9.17) is 5.73 Å². The molecular formula is C17H25FN2. The summed E-state index contributed by atoms with van der Waals surface area (Å²) in [5.41, 5.74) is 8.59. The molecule has 3 heteroatoms. The molecule has 0 spiro atoms. The second-order valence-corrected chi connectivity index (χ2v) is 6.77. The third kappa shape index (κ3) is 2.03. The number of hydrogen-bond donors (Lipinski definition) is 1. The lowest BCUT2D eigenvalue weighted by Crippen LogP contribution is -2.60. The highest BCUT2D eigenvalue weighted by molar-refractivity contribution is 5.60. The van der Waals surface area contributed by atoms with Gasteiger partial charge in [-0.2, -0.15) is 0 Å². The van der Waals surface area contributed by atoms with Crippen LogP contribution in [0.2, 0.25) is 0 Å². The topological polar surface area (TPSA) is 29.3 Å². The van der Waals surface area contributed by atoms with Crippen LogP contribution in [0.3, 0.4) is 0 Å². The fraction of sp³-hybridized carbons (Fsp3) is 0.647. The molecule has 2 nitrogen and oxygen atoms in total. The van der Waals surface area contributed by atoms with E-state index in [0.717, 1.165) is 25.1 Å². The Kier molecular flexibility index (Phi) is 3.49. The summed E-state index contributed by atoms with van der Waals surface area (Å²) in [5, 5.41) is 0. The molecule has 0 bridgehead atoms. The van der Waals surface area contributed by atoms with Crippen molar-refractivity contribution >= 4 is 5.69 Å². The smallest absolute Gasteiger partial charge is 0.125 e. The van der Waals surface area contributed by atoms with Crippen molar-refractivity contribution in [2.24, 2.45) is 17.6 Å². The SMILES string of the molecule is CC1CCC(C)C(CN)(N2CCc3ccc(F)cc32)C1. The highest BCUT2D eigenvalue weighted by atomic mass is 19.1. The van der Waals surface area contributed by atoms with Crippen molar-refractivity contribution in [3.05, 3.63) is 29.6 Å². The predicted molar refractivity (Wildman–Crippen MR) is 81.4 cm³/mol. The van der Waals surface area contributed by atoms with Crippen molar-refractivity contribution < 1.29 is 4.39 Å². The number of nitrogens with two attached hydrogens (primary N) is 1. The highest BCUT2D eigenvalue weighted by Crippen LogP contribution is 2.45. The quantitative estimate of drug-likeness (QED) is 0.897. The molecule has 1 aromatic rings. The minimum Gasteiger partial charge on any atom is -0.364 e. The fourth-order valence-corrected chi connectivity index (χ4v) is 4.30. The van der Waals surface area contributed by atoms with E-state index in [0.29, 0.717) is 18.4 Å². The molecule has 20 heavy (non-hydrogen) atoms. The van der Waals surface area contributed by atoms with Gasteiger partial charge in [-0.3, -0.25) is 0 Å². The molecule has 1 aliphatic carbocycles. The van der Waals surface area contributed by atoms with Crippen molar-refractivity contribution in [2.75, 3.05) is 18.0 Å². The van der Waals surface area contributed by atoms with Gasteiger partial charge in [0.05, 0.1) is 5.54 Å². The molecule has 0 aromatic heterocycles. The Morgan fingerprint density at radius 3 is 2.90 bits per heavy atom. The van der Waals surface area contributed by atoms with E-state index in [1.807, 2.05) is 6.07 Å². The number of anilines is 1. The van der Waals surface area contributed by atoms with E-state index in [2.05, 4.69) is 18.7 Å². The van der Waals surface area contributed by atoms with Gasteiger partial charge in [0.15, 0.2) is 0 Å². The molecule has 1 heterocycles. The summed E-state index contributed by atoms with van der Waals surface area (Å²) in [5.74, 6) is 1.13. The first-order valence-corrected chi connectivity index (χ1v) is 7.83. The molecule has 2 aliphatic rings. The first kappa shape index (κ1) is 13.9. The monoisotopic (exact) mass is 276 g/mol. The average Bonchev–Trinajstić information content (AvgIpc) is 2.85. The molecule has 3 rings (SSSR count). The van der Waals surface area contributed by atoms with Crippen LogP contribution in [0, 0.1) is 17.7 Å². The van der Waals surface area contributed by atoms with Crippen LogP contribution in [0.1, 0.15) is 38.7 Å². The van der Waals surface area contributed by atoms with Gasteiger partial charge in [-0.15, -0.1) is 0 Å². The van der Waals surface area contributed by atoms with E-state index >= 15 is 0 Å². The largest absolute Gasteiger partial charge is 0.364 e. The minimum absolute atomic E-state index is 0.0106. The number of nitrogens with zero attached hydrogens (tertiary/aromatic N) is 1. The van der Waals surface area contributed by atoms with Crippen molar-refractivity contribution in [1.29, 1.82) is 0 Å². The first-order valence-electron chi connectivity index (χ1n) is 7.83. The maximum atomic E-state index is 13.6. The van der Waals surface area contributed by atoms with Crippen LogP contribution in [0.4, 0.5) is 10.1 Å². The molecule has 3 atom stereocenters. The molecule has 0 saturated heterocycles. The number of halogens is 1. The van der Waals surface area contributed by atoms with Crippen LogP contribution < -0.4 is 10.6 Å². The van der Waals surface area contributed by atoms with Crippen LogP contribution in [-0.2, 0) is 6.42 Å². The van der Waals surface area contributed by atoms with E-state index in [-0.39, 0.29) is 11.4 Å². The molecule has 1 fully saturated rings. The standard InChI is InChI=1S/C17H25FN2/c1-12-3-4-13(2)17(10-12,11-19)20-8-7-14-5-6-15(18)9-16(14)20/h5-6,9,12-13H,3-4,7-8,10-11,19H2,1-2H3. The van der Waals surface area contributed by atoms with Crippen LogP contribution in [0.15, 0.2) is 18.2 Å². The van der Waals surface area contributed by atoms with Crippen LogP contribution in [0.5, 0.6) is 0 Å². The van der Waals surface area contributed by atoms with Gasteiger partial charge in [0, 0.05) is 18.8 Å². The molecule has 0 radical (unpaired) electrons. The first-order chi connectivity index (χ1) is 9.56. The zero-order valence-electron chi connectivity index (χ0n) is 12.5. The molecule has 2 N–H and O–H groups in total. The molecule has 0 amide bonds. The lowest BCUT2D eigenvalue weighted by Gasteiger charge is -2.51. The van der Waals surface area contributed by atoms with Crippen LogP contribution in [0.25, 0.3) is 0 Å². The van der Waals surface area contributed by atoms with Gasteiger partial charge >= 0.3 is 0 Å². The van der Waals surface area contributed by atoms with E-state index in [1.54, 1.807) is 12.1 Å². The Bertz CT molecular complexity index is 502. The summed E-state index contributed by atoms with van der Waals surface area (Å²) in [7, 11) is 0. The minimum atomic E-state index is -0.140. The predicted octanol–water partition coefficient (Wildman–Crippen LogP) is 3.34. The Morgan fingerprint density at radius 1 is 1.35 bits per heavy atom. The van der Waals surface area contributed by atoms with Gasteiger partial charge in [0.2, 0.25) is 0 Å². The number of hydrogen-bond acceptors (Lipinski definition) is 2. The lowest BCUT2D eigenvalue weighted by atomic mass is 9.68. The van der Waals surface area contributed by atoms with Crippen molar-refractivity contribution in [3.8, 4) is 0 Å². The molecule has 3 unspecified atom stereocenters. The zero-order chi connectivity index (χ0) is 14.3. The fourth-order valence-electron chi connectivity index (χ4n) is 4.30. The van der Waals surface area contributed by atoms with Crippen LogP contribution >= 0.6 is 0 Å². The Labute approximate surface area is 121 Å². The highest BCUT2D eigenvalue weighted by Gasteiger charge is 2.46. The van der Waals surface area contributed by atoms with Gasteiger partial charge in [-0.05, 0) is 48.8 Å². The van der Waals surface area contributed by atoms with Crippen molar-refractivity contribution in [1.82, 2.24) is 0 Å². The summed E-state index contributed by atoms with van der Waals surface area (Å²) in [4.78, 5) is 2.42. The maximum Gasteiger partial charge on any atom is 0.125 e. The summed E-state index contributed by atoms with van der Waals surface area (Å²) in [6, 6.07) is 5.21. The number of benzene rings is 1. The normalized spacial score (nSPS) is 33.3. The summed E-state index contributed by atoms with van der Waals surface area (Å²) in [6.45, 7) is 6.27. The Hall–Kier alpha value is -1.09. The van der Waals surface area contributed by atoms with Gasteiger partial charge in [-0.25, -0.2) is 4.39 Å². The number of fused-ring (bicyclic) bond motifs is 1. The van der Waals surface area contributed by atoms with Gasteiger partial charge in [0.1, 0.15) is 5.82 Å². The van der Waals surface area contributed by atoms with Crippen molar-refractivity contribution in [2.45, 2.75) is 45.1 Å². The summed E-state index contributed by atoms with van der Waals surface area (Å²) in [6.07, 6.45) is 4.64. The Morgan fingerprint density at radius 2 is 2.15 bits per heavy atom. The molecule has 110 valence electrons. The summed E-state index contributed by atoms with van der Waals surface area (Å²) < 4.78 is 13.6. The second-order valence-electron chi connectivity index (χ2n) is 6.77. The third-order valence-corrected chi connectivity index (χ3v) is 5.55. The average molecular weight is 276 g/mol. The molecule has 1 aliphatic heterocycles. The summed E-state index contributed by atoms with van der Waals surface area (Å²) >= 11 is 0. The van der Waals surface area contributed by atoms with E-state index in [1.165, 1.54) is 18.4 Å². The maximum absolute atomic E-state index is 13.6. The van der Waals surface area contributed by atoms with Gasteiger partial charge < -0.3 is 10.6 Å². The second kappa shape index (κ2) is 5.03. The zero-order valence-corrected chi connectivity index (χ0v) is 12.5. The molecule has 1 aromatic carbocycles. The van der Waals surface area contributed by atoms with Crippen LogP contribution in [-0.4, -0.2) is 18.6 Å². The third-order valence-electron chi connectivity index (χ3n) is 5.55. The van der Waals surface area contributed by atoms with E-state index in [9.17, 15) is 4.39 Å². The van der Waals surface area contributed by atoms with Crippen molar-refractivity contribution in [3.63, 3.8) is 0 Å². The van der Waals surface area contributed by atoms with E-state index < -0.39 is 0 Å². The van der Waals surface area contributed by atoms with Gasteiger partial charge in [-0.1, -0.05) is 26.3 Å².